The van der Waals surface area contributed by atoms with E-state index in [1.807, 2.05) is 0 Å². The second-order valence-corrected chi connectivity index (χ2v) is 8.99. The van der Waals surface area contributed by atoms with Crippen LogP contribution in [0.2, 0.25) is 0 Å². The maximum Gasteiger partial charge on any atom is 0.265 e. The van der Waals surface area contributed by atoms with Crippen molar-refractivity contribution in [1.82, 2.24) is 4.90 Å². The first kappa shape index (κ1) is 23.1. The summed E-state index contributed by atoms with van der Waals surface area (Å²) in [6, 6.07) is 12.7. The molecule has 3 N–H and O–H groups in total. The average Bonchev–Trinajstić information content (AvgIpc) is 2.82. The molecule has 0 bridgehead atoms. The van der Waals surface area contributed by atoms with Gasteiger partial charge in [-0.2, -0.15) is 0 Å². The van der Waals surface area contributed by atoms with Gasteiger partial charge in [0.1, 0.15) is 0 Å². The lowest BCUT2D eigenvalue weighted by atomic mass is 9.89. The first-order valence-corrected chi connectivity index (χ1v) is 11.7. The molecular formula is C26H31N3O4. The zero-order valence-corrected chi connectivity index (χ0v) is 18.9. The Morgan fingerprint density at radius 1 is 0.909 bits per heavy atom. The number of hydrogen-bond acceptors (Lipinski definition) is 6. The number of Topliss-reactive ketones (excluding diaryl/α,β-unsaturated/α-hetero) is 1. The van der Waals surface area contributed by atoms with Crippen molar-refractivity contribution < 1.29 is 19.5 Å². The smallest absolute Gasteiger partial charge is 0.265 e. The van der Waals surface area contributed by atoms with Crippen LogP contribution in [0.15, 0.2) is 48.5 Å². The summed E-state index contributed by atoms with van der Waals surface area (Å²) in [5.41, 5.74) is 7.08. The molecule has 7 heteroatoms. The van der Waals surface area contributed by atoms with Gasteiger partial charge in [-0.1, -0.05) is 36.8 Å². The van der Waals surface area contributed by atoms with Crippen molar-refractivity contribution in [3.63, 3.8) is 0 Å². The Hall–Kier alpha value is -3.03. The largest absolute Gasteiger partial charge is 0.397 e. The summed E-state index contributed by atoms with van der Waals surface area (Å²) in [7, 11) is 0. The SMILES string of the molecule is CC1CCCCN1C1C(=O)c2ccccc2C(=O)N(c2ccccc2N)C(=O)CCCC1O. The Bertz CT molecular complexity index is 1050. The number of ketones is 1. The minimum absolute atomic E-state index is 0.0652. The molecule has 4 rings (SSSR count). The van der Waals surface area contributed by atoms with E-state index in [0.717, 1.165) is 30.7 Å². The van der Waals surface area contributed by atoms with Crippen LogP contribution in [-0.2, 0) is 4.79 Å². The van der Waals surface area contributed by atoms with E-state index in [4.69, 9.17) is 5.73 Å². The lowest BCUT2D eigenvalue weighted by Crippen LogP contribution is -2.54. The number of anilines is 2. The van der Waals surface area contributed by atoms with E-state index in [-0.39, 0.29) is 29.4 Å². The number of likely N-dealkylation sites (tertiary alicyclic amines) is 1. The number of para-hydroxylation sites is 2. The van der Waals surface area contributed by atoms with E-state index in [0.29, 0.717) is 24.2 Å². The van der Waals surface area contributed by atoms with Crippen LogP contribution in [-0.4, -0.2) is 52.3 Å². The van der Waals surface area contributed by atoms with Gasteiger partial charge in [0.05, 0.1) is 29.1 Å². The van der Waals surface area contributed by atoms with E-state index < -0.39 is 24.0 Å². The number of fused-ring (bicyclic) bond motifs is 1. The first-order chi connectivity index (χ1) is 15.9. The molecule has 0 aromatic heterocycles. The van der Waals surface area contributed by atoms with E-state index in [9.17, 15) is 19.5 Å². The normalized spacial score (nSPS) is 25.5. The maximum atomic E-state index is 13.9. The van der Waals surface area contributed by atoms with E-state index in [2.05, 4.69) is 11.8 Å². The first-order valence-electron chi connectivity index (χ1n) is 11.7. The summed E-state index contributed by atoms with van der Waals surface area (Å²) in [6.45, 7) is 2.79. The van der Waals surface area contributed by atoms with Gasteiger partial charge >= 0.3 is 0 Å². The summed E-state index contributed by atoms with van der Waals surface area (Å²) < 4.78 is 0. The molecule has 0 spiro atoms. The highest BCUT2D eigenvalue weighted by molar-refractivity contribution is 6.25. The fourth-order valence-corrected chi connectivity index (χ4v) is 5.02. The van der Waals surface area contributed by atoms with Gasteiger partial charge in [-0.15, -0.1) is 0 Å². The molecule has 0 radical (unpaired) electrons. The minimum Gasteiger partial charge on any atom is -0.397 e. The quantitative estimate of drug-likeness (QED) is 0.538. The molecule has 7 nitrogen and oxygen atoms in total. The highest BCUT2D eigenvalue weighted by atomic mass is 16.3. The molecule has 3 unspecified atom stereocenters. The molecule has 1 saturated heterocycles. The van der Waals surface area contributed by atoms with Crippen molar-refractivity contribution in [2.45, 2.75) is 63.6 Å². The third-order valence-corrected chi connectivity index (χ3v) is 6.79. The number of nitrogens with zero attached hydrogens (tertiary/aromatic N) is 2. The fourth-order valence-electron chi connectivity index (χ4n) is 5.02. The summed E-state index contributed by atoms with van der Waals surface area (Å²) in [5.74, 6) is -1.27. The predicted molar refractivity (Wildman–Crippen MR) is 127 cm³/mol. The van der Waals surface area contributed by atoms with E-state index in [1.54, 1.807) is 48.5 Å². The maximum absolute atomic E-state index is 13.9. The molecule has 2 aromatic carbocycles. The second-order valence-electron chi connectivity index (χ2n) is 8.99. The van der Waals surface area contributed by atoms with Gasteiger partial charge in [0.15, 0.2) is 5.78 Å². The number of imide groups is 1. The number of aliphatic hydroxyl groups excluding tert-OH is 1. The molecule has 33 heavy (non-hydrogen) atoms. The lowest BCUT2D eigenvalue weighted by molar-refractivity contribution is -0.118. The Kier molecular flexibility index (Phi) is 6.91. The van der Waals surface area contributed by atoms with Gasteiger partial charge in [-0.05, 0) is 57.4 Å². The van der Waals surface area contributed by atoms with Crippen LogP contribution >= 0.6 is 0 Å². The Labute approximate surface area is 194 Å². The molecule has 2 amide bonds. The van der Waals surface area contributed by atoms with Gasteiger partial charge in [-0.3, -0.25) is 19.3 Å². The summed E-state index contributed by atoms with van der Waals surface area (Å²) in [4.78, 5) is 44.0. The number of amides is 2. The molecule has 3 atom stereocenters. The standard InChI is InChI=1S/C26H31N3O4/c1-17-9-6-7-16-28(17)24-22(30)14-8-15-23(31)29(21-13-5-4-12-20(21)27)26(33)19-11-3-2-10-18(19)25(24)32/h2-5,10-13,17,22,24,30H,6-9,14-16,27H2,1H3. The molecule has 174 valence electrons. The van der Waals surface area contributed by atoms with E-state index >= 15 is 0 Å². The molecule has 2 heterocycles. The number of nitrogens with two attached hydrogens (primary N) is 1. The topological polar surface area (TPSA) is 104 Å². The summed E-state index contributed by atoms with van der Waals surface area (Å²) in [5, 5.41) is 11.1. The van der Waals surface area contributed by atoms with Gasteiger partial charge in [0, 0.05) is 18.0 Å². The Balaban J connectivity index is 1.82. The number of aliphatic hydroxyl groups is 1. The number of benzene rings is 2. The number of carbonyl (C=O) groups excluding carboxylic acids is 3. The van der Waals surface area contributed by atoms with Crippen LogP contribution in [0.1, 0.15) is 66.2 Å². The molecule has 0 saturated carbocycles. The van der Waals surface area contributed by atoms with Crippen molar-refractivity contribution in [2.75, 3.05) is 17.2 Å². The van der Waals surface area contributed by atoms with Crippen molar-refractivity contribution in [3.05, 3.63) is 59.7 Å². The Morgan fingerprint density at radius 2 is 1.61 bits per heavy atom. The third kappa shape index (κ3) is 4.56. The van der Waals surface area contributed by atoms with Gasteiger partial charge in [0.25, 0.3) is 5.91 Å². The van der Waals surface area contributed by atoms with Gasteiger partial charge < -0.3 is 10.8 Å². The molecule has 2 aliphatic heterocycles. The van der Waals surface area contributed by atoms with E-state index in [1.165, 1.54) is 0 Å². The molecular weight excluding hydrogens is 418 g/mol. The second kappa shape index (κ2) is 9.85. The zero-order chi connectivity index (χ0) is 23.5. The molecule has 2 aliphatic rings. The minimum atomic E-state index is -0.928. The van der Waals surface area contributed by atoms with Crippen LogP contribution in [0.3, 0.4) is 0 Å². The number of nitrogen functional groups attached to an aromatic ring is 1. The van der Waals surface area contributed by atoms with Gasteiger partial charge in [-0.25, -0.2) is 4.90 Å². The Morgan fingerprint density at radius 3 is 2.33 bits per heavy atom. The van der Waals surface area contributed by atoms with Crippen molar-refractivity contribution in [1.29, 1.82) is 0 Å². The summed E-state index contributed by atoms with van der Waals surface area (Å²) in [6.07, 6.45) is 2.79. The molecule has 2 aromatic rings. The number of piperidine rings is 1. The van der Waals surface area contributed by atoms with Crippen LogP contribution in [0.25, 0.3) is 0 Å². The third-order valence-electron chi connectivity index (χ3n) is 6.79. The number of carbonyl (C=O) groups is 3. The number of hydrogen-bond donors (Lipinski definition) is 2. The van der Waals surface area contributed by atoms with Crippen molar-refractivity contribution >= 4 is 29.0 Å². The highest BCUT2D eigenvalue weighted by Crippen LogP contribution is 2.30. The lowest BCUT2D eigenvalue weighted by Gasteiger charge is -2.41. The van der Waals surface area contributed by atoms with Gasteiger partial charge in [0.2, 0.25) is 5.91 Å². The van der Waals surface area contributed by atoms with Crippen molar-refractivity contribution in [3.8, 4) is 0 Å². The zero-order valence-electron chi connectivity index (χ0n) is 18.9. The summed E-state index contributed by atoms with van der Waals surface area (Å²) >= 11 is 0. The fraction of sp³-hybridized carbons (Fsp3) is 0.423. The number of rotatable bonds is 2. The monoisotopic (exact) mass is 449 g/mol. The average molecular weight is 450 g/mol. The van der Waals surface area contributed by atoms with Crippen LogP contribution in [0, 0.1) is 0 Å². The molecule has 0 aliphatic carbocycles. The van der Waals surface area contributed by atoms with Crippen LogP contribution in [0.4, 0.5) is 11.4 Å². The highest BCUT2D eigenvalue weighted by Gasteiger charge is 2.39. The predicted octanol–water partition coefficient (Wildman–Crippen LogP) is 3.41. The van der Waals surface area contributed by atoms with Crippen molar-refractivity contribution in [2.24, 2.45) is 0 Å². The molecule has 1 fully saturated rings. The van der Waals surface area contributed by atoms with Crippen LogP contribution < -0.4 is 10.6 Å². The van der Waals surface area contributed by atoms with Crippen LogP contribution in [0.5, 0.6) is 0 Å².